The average molecular weight is 320 g/mol. The van der Waals surface area contributed by atoms with Crippen molar-refractivity contribution < 1.29 is 19.4 Å². The fraction of sp³-hybridized carbons (Fsp3) is 0.529. The number of amides is 2. The molecule has 1 aromatic rings. The number of nitrogens with one attached hydrogen (secondary N) is 1. The van der Waals surface area contributed by atoms with E-state index in [2.05, 4.69) is 5.32 Å². The lowest BCUT2D eigenvalue weighted by molar-refractivity contribution is -0.137. The molecule has 23 heavy (non-hydrogen) atoms. The third kappa shape index (κ3) is 5.16. The highest BCUT2D eigenvalue weighted by atomic mass is 16.5. The molecule has 0 aromatic heterocycles. The van der Waals surface area contributed by atoms with Gasteiger partial charge in [-0.05, 0) is 31.0 Å². The van der Waals surface area contributed by atoms with E-state index in [1.165, 1.54) is 0 Å². The predicted molar refractivity (Wildman–Crippen MR) is 86.6 cm³/mol. The molecule has 1 saturated heterocycles. The highest BCUT2D eigenvalue weighted by Crippen LogP contribution is 2.19. The zero-order valence-corrected chi connectivity index (χ0v) is 13.6. The van der Waals surface area contributed by atoms with Gasteiger partial charge < -0.3 is 20.1 Å². The van der Waals surface area contributed by atoms with Crippen LogP contribution in [0.3, 0.4) is 0 Å². The normalized spacial score (nSPS) is 15.7. The second kappa shape index (κ2) is 7.85. The molecule has 1 aliphatic rings. The van der Waals surface area contributed by atoms with Crippen molar-refractivity contribution in [2.24, 2.45) is 0 Å². The topological polar surface area (TPSA) is 78.9 Å². The molecule has 2 amide bonds. The predicted octanol–water partition coefficient (Wildman–Crippen LogP) is 2.41. The highest BCUT2D eigenvalue weighted by Gasteiger charge is 2.33. The van der Waals surface area contributed by atoms with Crippen molar-refractivity contribution in [2.45, 2.75) is 45.3 Å². The lowest BCUT2D eigenvalue weighted by Crippen LogP contribution is -2.60. The summed E-state index contributed by atoms with van der Waals surface area (Å²) < 4.78 is 5.81. The van der Waals surface area contributed by atoms with Crippen LogP contribution in [0, 0.1) is 6.92 Å². The minimum atomic E-state index is -0.895. The number of hydrogen-bond donors (Lipinski definition) is 2. The molecule has 1 aliphatic heterocycles. The quantitative estimate of drug-likeness (QED) is 0.808. The summed E-state index contributed by atoms with van der Waals surface area (Å²) in [5.74, 6) is -0.0854. The van der Waals surface area contributed by atoms with Gasteiger partial charge in [0.1, 0.15) is 11.9 Å². The Balaban J connectivity index is 1.77. The fourth-order valence-electron chi connectivity index (χ4n) is 2.61. The van der Waals surface area contributed by atoms with E-state index in [1.807, 2.05) is 38.1 Å². The van der Waals surface area contributed by atoms with Crippen LogP contribution in [0.5, 0.6) is 5.75 Å². The molecule has 6 heteroatoms. The van der Waals surface area contributed by atoms with E-state index >= 15 is 0 Å². The number of likely N-dealkylation sites (tertiary alicyclic amines) is 1. The second-order valence-corrected chi connectivity index (χ2v) is 5.99. The SMILES string of the molecule is CCC[C@H](CC(=O)O)NC(=O)N1CC(Oc2cccc(C)c2)C1. The summed E-state index contributed by atoms with van der Waals surface area (Å²) in [7, 11) is 0. The van der Waals surface area contributed by atoms with Crippen LogP contribution in [-0.2, 0) is 4.79 Å². The van der Waals surface area contributed by atoms with E-state index < -0.39 is 5.97 Å². The van der Waals surface area contributed by atoms with E-state index in [1.54, 1.807) is 4.90 Å². The van der Waals surface area contributed by atoms with Gasteiger partial charge in [0.05, 0.1) is 19.5 Å². The smallest absolute Gasteiger partial charge is 0.317 e. The number of carboxylic acids is 1. The zero-order valence-electron chi connectivity index (χ0n) is 13.6. The number of nitrogens with zero attached hydrogens (tertiary/aromatic N) is 1. The van der Waals surface area contributed by atoms with Gasteiger partial charge in [0.2, 0.25) is 0 Å². The Kier molecular flexibility index (Phi) is 5.84. The lowest BCUT2D eigenvalue weighted by atomic mass is 10.1. The van der Waals surface area contributed by atoms with Gasteiger partial charge in [-0.2, -0.15) is 0 Å². The molecule has 1 atom stereocenters. The average Bonchev–Trinajstić information content (AvgIpc) is 2.41. The van der Waals surface area contributed by atoms with Crippen LogP contribution < -0.4 is 10.1 Å². The summed E-state index contributed by atoms with van der Waals surface area (Å²) >= 11 is 0. The molecule has 0 radical (unpaired) electrons. The second-order valence-electron chi connectivity index (χ2n) is 5.99. The van der Waals surface area contributed by atoms with Crippen molar-refractivity contribution in [2.75, 3.05) is 13.1 Å². The molecule has 0 saturated carbocycles. The van der Waals surface area contributed by atoms with Gasteiger partial charge in [0.25, 0.3) is 0 Å². The molecule has 1 fully saturated rings. The number of urea groups is 1. The van der Waals surface area contributed by atoms with Crippen LogP contribution in [0.2, 0.25) is 0 Å². The number of aliphatic carboxylic acids is 1. The standard InChI is InChI=1S/C17H24N2O4/c1-3-5-13(9-16(20)21)18-17(22)19-10-15(11-19)23-14-7-4-6-12(2)8-14/h4,6-8,13,15H,3,5,9-11H2,1-2H3,(H,18,22)(H,20,21)/t13-/m1/s1. The Morgan fingerprint density at radius 2 is 2.17 bits per heavy atom. The monoisotopic (exact) mass is 320 g/mol. The maximum absolute atomic E-state index is 12.1. The first-order chi connectivity index (χ1) is 11.0. The third-order valence-corrected chi connectivity index (χ3v) is 3.81. The Morgan fingerprint density at radius 3 is 2.78 bits per heavy atom. The molecule has 0 bridgehead atoms. The molecule has 2 N–H and O–H groups in total. The number of hydrogen-bond acceptors (Lipinski definition) is 3. The summed E-state index contributed by atoms with van der Waals surface area (Å²) in [6.45, 7) is 5.01. The molecule has 1 heterocycles. The molecule has 6 nitrogen and oxygen atoms in total. The first-order valence-electron chi connectivity index (χ1n) is 7.98. The Morgan fingerprint density at radius 1 is 1.43 bits per heavy atom. The fourth-order valence-corrected chi connectivity index (χ4v) is 2.61. The van der Waals surface area contributed by atoms with Gasteiger partial charge in [-0.3, -0.25) is 4.79 Å². The largest absolute Gasteiger partial charge is 0.487 e. The number of rotatable bonds is 7. The number of carbonyl (C=O) groups is 2. The summed E-state index contributed by atoms with van der Waals surface area (Å²) in [5, 5.41) is 11.7. The molecule has 0 unspecified atom stereocenters. The first kappa shape index (κ1) is 17.1. The maximum Gasteiger partial charge on any atom is 0.317 e. The number of aryl methyl sites for hydroxylation is 1. The molecular formula is C17H24N2O4. The van der Waals surface area contributed by atoms with E-state index in [0.717, 1.165) is 17.7 Å². The van der Waals surface area contributed by atoms with Gasteiger partial charge in [-0.1, -0.05) is 25.5 Å². The third-order valence-electron chi connectivity index (χ3n) is 3.81. The van der Waals surface area contributed by atoms with E-state index in [-0.39, 0.29) is 24.6 Å². The van der Waals surface area contributed by atoms with Crippen LogP contribution in [0.1, 0.15) is 31.7 Å². The molecule has 2 rings (SSSR count). The number of ether oxygens (including phenoxy) is 1. The number of carbonyl (C=O) groups excluding carboxylic acids is 1. The van der Waals surface area contributed by atoms with Crippen LogP contribution >= 0.6 is 0 Å². The van der Waals surface area contributed by atoms with Gasteiger partial charge >= 0.3 is 12.0 Å². The summed E-state index contributed by atoms with van der Waals surface area (Å²) in [6, 6.07) is 7.28. The van der Waals surface area contributed by atoms with Crippen molar-refractivity contribution in [3.63, 3.8) is 0 Å². The zero-order chi connectivity index (χ0) is 16.8. The van der Waals surface area contributed by atoms with Gasteiger partial charge in [0, 0.05) is 6.04 Å². The summed E-state index contributed by atoms with van der Waals surface area (Å²) in [5.41, 5.74) is 1.13. The van der Waals surface area contributed by atoms with E-state index in [4.69, 9.17) is 9.84 Å². The van der Waals surface area contributed by atoms with Crippen molar-refractivity contribution in [3.05, 3.63) is 29.8 Å². The van der Waals surface area contributed by atoms with E-state index in [0.29, 0.717) is 19.5 Å². The Bertz CT molecular complexity index is 555. The Hall–Kier alpha value is -2.24. The summed E-state index contributed by atoms with van der Waals surface area (Å²) in [4.78, 5) is 24.6. The van der Waals surface area contributed by atoms with Crippen molar-refractivity contribution in [1.82, 2.24) is 10.2 Å². The van der Waals surface area contributed by atoms with E-state index in [9.17, 15) is 9.59 Å². The van der Waals surface area contributed by atoms with Gasteiger partial charge in [-0.15, -0.1) is 0 Å². The first-order valence-corrected chi connectivity index (χ1v) is 7.98. The maximum atomic E-state index is 12.1. The molecular weight excluding hydrogens is 296 g/mol. The Labute approximate surface area is 136 Å². The lowest BCUT2D eigenvalue weighted by Gasteiger charge is -2.39. The molecule has 126 valence electrons. The minimum absolute atomic E-state index is 0.00773. The van der Waals surface area contributed by atoms with Crippen molar-refractivity contribution in [3.8, 4) is 5.75 Å². The van der Waals surface area contributed by atoms with Crippen LogP contribution in [-0.4, -0.2) is 47.2 Å². The molecule has 0 aliphatic carbocycles. The van der Waals surface area contributed by atoms with Crippen LogP contribution in [0.25, 0.3) is 0 Å². The summed E-state index contributed by atoms with van der Waals surface area (Å²) in [6.07, 6.45) is 1.44. The van der Waals surface area contributed by atoms with Crippen LogP contribution in [0.15, 0.2) is 24.3 Å². The highest BCUT2D eigenvalue weighted by molar-refractivity contribution is 5.76. The van der Waals surface area contributed by atoms with Crippen molar-refractivity contribution >= 4 is 12.0 Å². The number of carboxylic acid groups (broad SMARTS) is 1. The van der Waals surface area contributed by atoms with Gasteiger partial charge in [-0.25, -0.2) is 4.79 Å². The molecule has 1 aromatic carbocycles. The van der Waals surface area contributed by atoms with Crippen molar-refractivity contribution in [1.29, 1.82) is 0 Å². The van der Waals surface area contributed by atoms with Crippen LogP contribution in [0.4, 0.5) is 4.79 Å². The number of benzene rings is 1. The minimum Gasteiger partial charge on any atom is -0.487 e. The molecule has 0 spiro atoms. The van der Waals surface area contributed by atoms with Gasteiger partial charge in [0.15, 0.2) is 0 Å².